The molecule has 0 aromatic heterocycles. The summed E-state index contributed by atoms with van der Waals surface area (Å²) in [6, 6.07) is 32.2. The van der Waals surface area contributed by atoms with Gasteiger partial charge in [0.05, 0.1) is 12.3 Å². The SMILES string of the molecule is CC/C=C\C[C@H](O)C[P+](c1ccccc1)(c1ccccc1)c1ccccc1.[Br-]. The molecular weight excluding hydrogens is 427 g/mol. The van der Waals surface area contributed by atoms with Gasteiger partial charge >= 0.3 is 0 Å². The lowest BCUT2D eigenvalue weighted by atomic mass is 10.2. The van der Waals surface area contributed by atoms with E-state index in [9.17, 15) is 5.11 Å². The molecule has 0 heterocycles. The number of benzene rings is 3. The lowest BCUT2D eigenvalue weighted by molar-refractivity contribution is -0.00000749. The molecule has 0 aliphatic carbocycles. The van der Waals surface area contributed by atoms with Crippen LogP contribution in [-0.2, 0) is 0 Å². The van der Waals surface area contributed by atoms with Crippen LogP contribution in [-0.4, -0.2) is 17.4 Å². The van der Waals surface area contributed by atoms with Crippen molar-refractivity contribution in [2.24, 2.45) is 0 Å². The molecule has 0 saturated carbocycles. The van der Waals surface area contributed by atoms with E-state index in [1.165, 1.54) is 15.9 Å². The molecule has 146 valence electrons. The van der Waals surface area contributed by atoms with E-state index in [2.05, 4.69) is 110 Å². The molecule has 0 aliphatic rings. The first-order chi connectivity index (χ1) is 13.3. The molecule has 1 N–H and O–H groups in total. The summed E-state index contributed by atoms with van der Waals surface area (Å²) in [6.07, 6.45) is 6.32. The van der Waals surface area contributed by atoms with Crippen LogP contribution in [0.15, 0.2) is 103 Å². The van der Waals surface area contributed by atoms with Gasteiger partial charge in [0.1, 0.15) is 23.2 Å². The monoisotopic (exact) mass is 454 g/mol. The average molecular weight is 455 g/mol. The third-order valence-electron chi connectivity index (χ3n) is 4.89. The highest BCUT2D eigenvalue weighted by Crippen LogP contribution is 2.55. The Morgan fingerprint density at radius 1 is 0.714 bits per heavy atom. The first kappa shape index (κ1) is 22.6. The summed E-state index contributed by atoms with van der Waals surface area (Å²) in [6.45, 7) is 2.12. The average Bonchev–Trinajstić information content (AvgIpc) is 2.74. The maximum Gasteiger partial charge on any atom is 0.114 e. The van der Waals surface area contributed by atoms with Gasteiger partial charge in [0.25, 0.3) is 0 Å². The van der Waals surface area contributed by atoms with Crippen molar-refractivity contribution in [2.75, 3.05) is 6.16 Å². The van der Waals surface area contributed by atoms with Crippen LogP contribution in [0.5, 0.6) is 0 Å². The van der Waals surface area contributed by atoms with Crippen LogP contribution in [0.3, 0.4) is 0 Å². The molecule has 0 aliphatic heterocycles. The van der Waals surface area contributed by atoms with E-state index in [1.54, 1.807) is 0 Å². The summed E-state index contributed by atoms with van der Waals surface area (Å²) < 4.78 is 0. The number of halogens is 1. The Hall–Kier alpha value is -1.73. The zero-order valence-electron chi connectivity index (χ0n) is 16.3. The Bertz CT molecular complexity index is 738. The Labute approximate surface area is 180 Å². The third-order valence-corrected chi connectivity index (χ3v) is 9.39. The van der Waals surface area contributed by atoms with Crippen LogP contribution in [0, 0.1) is 0 Å². The molecule has 0 amide bonds. The molecule has 3 rings (SSSR count). The van der Waals surface area contributed by atoms with Crippen molar-refractivity contribution < 1.29 is 22.1 Å². The Morgan fingerprint density at radius 2 is 1.11 bits per heavy atom. The van der Waals surface area contributed by atoms with Gasteiger partial charge < -0.3 is 22.1 Å². The standard InChI is InChI=1S/C25H28OP.BrH/c1-2-3-7-14-22(26)21-27(23-15-8-4-9-16-23,24-17-10-5-11-18-24)25-19-12-6-13-20-25;/h3-13,15-20,22,26H,2,14,21H2,1H3;1H/q+1;/p-1/b7-3-;/t22-;/m0./s1. The first-order valence-corrected chi connectivity index (χ1v) is 11.6. The molecule has 0 fully saturated rings. The van der Waals surface area contributed by atoms with E-state index < -0.39 is 7.26 Å². The van der Waals surface area contributed by atoms with Crippen LogP contribution in [0.25, 0.3) is 0 Å². The van der Waals surface area contributed by atoms with E-state index in [0.717, 1.165) is 12.6 Å². The molecule has 0 spiro atoms. The molecular formula is C25H28BrOP. The minimum absolute atomic E-state index is 0. The van der Waals surface area contributed by atoms with Crippen molar-refractivity contribution >= 4 is 23.2 Å². The van der Waals surface area contributed by atoms with Gasteiger partial charge in [0, 0.05) is 0 Å². The highest BCUT2D eigenvalue weighted by atomic mass is 79.9. The molecule has 28 heavy (non-hydrogen) atoms. The summed E-state index contributed by atoms with van der Waals surface area (Å²) >= 11 is 0. The second-order valence-electron chi connectivity index (χ2n) is 6.77. The summed E-state index contributed by atoms with van der Waals surface area (Å²) in [5.74, 6) is 0. The second kappa shape index (κ2) is 11.3. The van der Waals surface area contributed by atoms with Gasteiger partial charge in [-0.3, -0.25) is 0 Å². The number of aliphatic hydroxyl groups is 1. The second-order valence-corrected chi connectivity index (χ2v) is 10.3. The lowest BCUT2D eigenvalue weighted by Gasteiger charge is -2.29. The van der Waals surface area contributed by atoms with Gasteiger partial charge in [0.15, 0.2) is 0 Å². The molecule has 0 unspecified atom stereocenters. The summed E-state index contributed by atoms with van der Waals surface area (Å²) in [4.78, 5) is 0. The summed E-state index contributed by atoms with van der Waals surface area (Å²) in [5.41, 5.74) is 0. The van der Waals surface area contributed by atoms with Crippen molar-refractivity contribution in [3.63, 3.8) is 0 Å². The largest absolute Gasteiger partial charge is 1.00 e. The summed E-state index contributed by atoms with van der Waals surface area (Å²) in [5, 5.41) is 14.9. The maximum atomic E-state index is 11.0. The van der Waals surface area contributed by atoms with Crippen molar-refractivity contribution in [1.82, 2.24) is 0 Å². The van der Waals surface area contributed by atoms with Gasteiger partial charge in [-0.1, -0.05) is 73.7 Å². The molecule has 0 saturated heterocycles. The van der Waals surface area contributed by atoms with Crippen LogP contribution in [0.2, 0.25) is 0 Å². The van der Waals surface area contributed by atoms with Crippen LogP contribution in [0.4, 0.5) is 0 Å². The quantitative estimate of drug-likeness (QED) is 0.405. The number of aliphatic hydroxyl groups excluding tert-OH is 1. The van der Waals surface area contributed by atoms with Crippen molar-refractivity contribution in [1.29, 1.82) is 0 Å². The predicted octanol–water partition coefficient (Wildman–Crippen LogP) is 1.70. The summed E-state index contributed by atoms with van der Waals surface area (Å²) in [7, 11) is -1.94. The Kier molecular flexibility index (Phi) is 9.12. The maximum absolute atomic E-state index is 11.0. The normalized spacial score (nSPS) is 12.5. The third kappa shape index (κ3) is 5.20. The van der Waals surface area contributed by atoms with E-state index in [4.69, 9.17) is 0 Å². The number of rotatable bonds is 8. The number of hydrogen-bond acceptors (Lipinski definition) is 1. The molecule has 1 atom stereocenters. The van der Waals surface area contributed by atoms with Gasteiger partial charge in [-0.25, -0.2) is 0 Å². The fourth-order valence-electron chi connectivity index (χ4n) is 3.62. The lowest BCUT2D eigenvalue weighted by Crippen LogP contribution is -3.00. The number of allylic oxidation sites excluding steroid dienone is 1. The molecule has 3 aromatic rings. The van der Waals surface area contributed by atoms with Gasteiger partial charge in [0.2, 0.25) is 0 Å². The fraction of sp³-hybridized carbons (Fsp3) is 0.200. The highest BCUT2D eigenvalue weighted by molar-refractivity contribution is 7.95. The zero-order valence-corrected chi connectivity index (χ0v) is 18.8. The van der Waals surface area contributed by atoms with Crippen molar-refractivity contribution in [3.8, 4) is 0 Å². The first-order valence-electron chi connectivity index (χ1n) is 9.65. The van der Waals surface area contributed by atoms with E-state index in [1.807, 2.05) is 0 Å². The molecule has 3 aromatic carbocycles. The zero-order chi connectivity index (χ0) is 19.0. The minimum Gasteiger partial charge on any atom is -1.00 e. The van der Waals surface area contributed by atoms with E-state index in [0.29, 0.717) is 6.42 Å². The van der Waals surface area contributed by atoms with Crippen LogP contribution in [0.1, 0.15) is 19.8 Å². The number of hydrogen-bond donors (Lipinski definition) is 1. The van der Waals surface area contributed by atoms with Crippen molar-refractivity contribution in [3.05, 3.63) is 103 Å². The van der Waals surface area contributed by atoms with Gasteiger partial charge in [-0.2, -0.15) is 0 Å². The van der Waals surface area contributed by atoms with E-state index >= 15 is 0 Å². The smallest absolute Gasteiger partial charge is 0.114 e. The molecule has 1 nitrogen and oxygen atoms in total. The Morgan fingerprint density at radius 3 is 1.46 bits per heavy atom. The van der Waals surface area contributed by atoms with Crippen LogP contribution < -0.4 is 32.9 Å². The van der Waals surface area contributed by atoms with E-state index in [-0.39, 0.29) is 23.1 Å². The predicted molar refractivity (Wildman–Crippen MR) is 120 cm³/mol. The van der Waals surface area contributed by atoms with Gasteiger partial charge in [-0.15, -0.1) is 0 Å². The minimum atomic E-state index is -1.94. The van der Waals surface area contributed by atoms with Crippen molar-refractivity contribution in [2.45, 2.75) is 25.9 Å². The highest BCUT2D eigenvalue weighted by Gasteiger charge is 2.46. The van der Waals surface area contributed by atoms with Crippen LogP contribution >= 0.6 is 7.26 Å². The van der Waals surface area contributed by atoms with Gasteiger partial charge in [-0.05, 0) is 49.2 Å². The topological polar surface area (TPSA) is 20.2 Å². The fourth-order valence-corrected chi connectivity index (χ4v) is 7.97. The molecule has 0 radical (unpaired) electrons. The molecule has 0 bridgehead atoms. The Balaban J connectivity index is 0.00000280. The molecule has 3 heteroatoms.